The summed E-state index contributed by atoms with van der Waals surface area (Å²) >= 11 is 11.9. The number of anilines is 1. The third kappa shape index (κ3) is 3.76. The number of rotatable bonds is 5. The molecule has 28 heavy (non-hydrogen) atoms. The lowest BCUT2D eigenvalue weighted by Gasteiger charge is -2.10. The molecule has 9 heteroatoms. The molecule has 0 saturated carbocycles. The molecule has 2 aromatic heterocycles. The van der Waals surface area contributed by atoms with Crippen LogP contribution in [0.4, 0.5) is 5.82 Å². The van der Waals surface area contributed by atoms with Crippen LogP contribution in [0, 0.1) is 0 Å². The summed E-state index contributed by atoms with van der Waals surface area (Å²) in [6.07, 6.45) is 3.07. The van der Waals surface area contributed by atoms with Crippen molar-refractivity contribution in [2.75, 3.05) is 5.43 Å². The van der Waals surface area contributed by atoms with E-state index in [-0.39, 0.29) is 5.02 Å². The van der Waals surface area contributed by atoms with Gasteiger partial charge in [-0.05, 0) is 23.8 Å². The van der Waals surface area contributed by atoms with Gasteiger partial charge in [0.1, 0.15) is 6.33 Å². The molecule has 4 rings (SSSR count). The van der Waals surface area contributed by atoms with Crippen molar-refractivity contribution < 1.29 is 4.79 Å². The first-order chi connectivity index (χ1) is 13.6. The summed E-state index contributed by atoms with van der Waals surface area (Å²) in [5, 5.41) is 5.78. The molecule has 0 saturated heterocycles. The molecule has 4 aromatic rings. The molecule has 2 heterocycles. The van der Waals surface area contributed by atoms with Crippen LogP contribution < -0.4 is 10.9 Å². The van der Waals surface area contributed by atoms with Gasteiger partial charge in [0.05, 0.1) is 28.7 Å². The standard InChI is InChI=1S/C19H14Cl2N6O/c20-13-6-7-14(16(21)8-13)19(28)26-25-17-15-9-24-27(18(15)23-11-22-17)10-12-4-2-1-3-5-12/h1-9,11H,10H2,(H,26,28)(H,22,23,25). The number of nitrogens with zero attached hydrogens (tertiary/aromatic N) is 4. The highest BCUT2D eigenvalue weighted by atomic mass is 35.5. The van der Waals surface area contributed by atoms with Crippen LogP contribution in [0.2, 0.25) is 10.0 Å². The minimum atomic E-state index is -0.412. The van der Waals surface area contributed by atoms with Crippen molar-refractivity contribution in [2.45, 2.75) is 6.54 Å². The van der Waals surface area contributed by atoms with Gasteiger partial charge in [-0.1, -0.05) is 53.5 Å². The molecule has 2 aromatic carbocycles. The minimum absolute atomic E-state index is 0.260. The van der Waals surface area contributed by atoms with Gasteiger partial charge in [-0.25, -0.2) is 14.6 Å². The number of nitrogens with one attached hydrogen (secondary N) is 2. The van der Waals surface area contributed by atoms with Crippen molar-refractivity contribution in [3.05, 3.63) is 82.2 Å². The monoisotopic (exact) mass is 412 g/mol. The van der Waals surface area contributed by atoms with Crippen molar-refractivity contribution in [2.24, 2.45) is 0 Å². The molecule has 0 radical (unpaired) electrons. The summed E-state index contributed by atoms with van der Waals surface area (Å²) in [4.78, 5) is 20.9. The first kappa shape index (κ1) is 18.2. The van der Waals surface area contributed by atoms with E-state index >= 15 is 0 Å². The molecule has 140 valence electrons. The predicted octanol–water partition coefficient (Wildman–Crippen LogP) is 3.94. The van der Waals surface area contributed by atoms with Gasteiger partial charge in [-0.15, -0.1) is 0 Å². The first-order valence-electron chi connectivity index (χ1n) is 8.33. The van der Waals surface area contributed by atoms with E-state index in [0.29, 0.717) is 34.0 Å². The number of hydrazine groups is 1. The normalized spacial score (nSPS) is 10.8. The quantitative estimate of drug-likeness (QED) is 0.485. The molecule has 0 unspecified atom stereocenters. The second kappa shape index (κ2) is 7.84. The number of carbonyl (C=O) groups is 1. The van der Waals surface area contributed by atoms with Gasteiger partial charge in [0.15, 0.2) is 11.5 Å². The molecule has 2 N–H and O–H groups in total. The van der Waals surface area contributed by atoms with Crippen LogP contribution in [0.1, 0.15) is 15.9 Å². The van der Waals surface area contributed by atoms with Gasteiger partial charge in [0.2, 0.25) is 0 Å². The van der Waals surface area contributed by atoms with Crippen molar-refractivity contribution in [1.29, 1.82) is 0 Å². The van der Waals surface area contributed by atoms with E-state index in [1.807, 2.05) is 30.3 Å². The Morgan fingerprint density at radius 2 is 1.89 bits per heavy atom. The highest BCUT2D eigenvalue weighted by Crippen LogP contribution is 2.22. The van der Waals surface area contributed by atoms with Crippen molar-refractivity contribution in [3.8, 4) is 0 Å². The van der Waals surface area contributed by atoms with Crippen LogP contribution in [0.3, 0.4) is 0 Å². The lowest BCUT2D eigenvalue weighted by atomic mass is 10.2. The number of halogens is 2. The largest absolute Gasteiger partial charge is 0.281 e. The second-order valence-electron chi connectivity index (χ2n) is 5.95. The Bertz CT molecular complexity index is 1150. The molecule has 0 fully saturated rings. The average Bonchev–Trinajstić information content (AvgIpc) is 3.10. The molecule has 0 spiro atoms. The smallest absolute Gasteiger partial charge is 0.271 e. The number of amides is 1. The number of fused-ring (bicyclic) bond motifs is 1. The molecule has 0 atom stereocenters. The Morgan fingerprint density at radius 3 is 2.68 bits per heavy atom. The summed E-state index contributed by atoms with van der Waals surface area (Å²) < 4.78 is 1.77. The fraction of sp³-hybridized carbons (Fsp3) is 0.0526. The summed E-state index contributed by atoms with van der Waals surface area (Å²) in [5.41, 5.74) is 7.44. The molecule has 0 bridgehead atoms. The first-order valence-corrected chi connectivity index (χ1v) is 9.09. The van der Waals surface area contributed by atoms with Crippen LogP contribution in [0.25, 0.3) is 11.0 Å². The van der Waals surface area contributed by atoms with E-state index in [0.717, 1.165) is 5.56 Å². The number of carbonyl (C=O) groups excluding carboxylic acids is 1. The van der Waals surface area contributed by atoms with E-state index < -0.39 is 5.91 Å². The Labute approximate surface area is 170 Å². The van der Waals surface area contributed by atoms with E-state index in [1.165, 1.54) is 12.4 Å². The molecule has 0 aliphatic carbocycles. The summed E-state index contributed by atoms with van der Waals surface area (Å²) in [5.74, 6) is 0.0212. The van der Waals surface area contributed by atoms with Crippen LogP contribution in [-0.4, -0.2) is 25.7 Å². The van der Waals surface area contributed by atoms with Crippen LogP contribution in [0.5, 0.6) is 0 Å². The fourth-order valence-corrected chi connectivity index (χ4v) is 3.22. The van der Waals surface area contributed by atoms with Gasteiger partial charge >= 0.3 is 0 Å². The molecule has 7 nitrogen and oxygen atoms in total. The van der Waals surface area contributed by atoms with Gasteiger partial charge in [0.25, 0.3) is 5.91 Å². The predicted molar refractivity (Wildman–Crippen MR) is 108 cm³/mol. The third-order valence-corrected chi connectivity index (χ3v) is 4.63. The third-order valence-electron chi connectivity index (χ3n) is 4.08. The molecular weight excluding hydrogens is 399 g/mol. The van der Waals surface area contributed by atoms with Crippen LogP contribution in [-0.2, 0) is 6.54 Å². The van der Waals surface area contributed by atoms with Crippen molar-refractivity contribution in [1.82, 2.24) is 25.2 Å². The fourth-order valence-electron chi connectivity index (χ4n) is 2.72. The summed E-state index contributed by atoms with van der Waals surface area (Å²) in [6.45, 7) is 0.577. The maximum atomic E-state index is 12.4. The van der Waals surface area contributed by atoms with E-state index in [2.05, 4.69) is 25.9 Å². The Balaban J connectivity index is 1.54. The number of benzene rings is 2. The Kier molecular flexibility index (Phi) is 5.10. The van der Waals surface area contributed by atoms with E-state index in [1.54, 1.807) is 23.0 Å². The van der Waals surface area contributed by atoms with Crippen LogP contribution in [0.15, 0.2) is 61.1 Å². The van der Waals surface area contributed by atoms with E-state index in [9.17, 15) is 4.79 Å². The summed E-state index contributed by atoms with van der Waals surface area (Å²) in [7, 11) is 0. The molecular formula is C19H14Cl2N6O. The zero-order valence-corrected chi connectivity index (χ0v) is 15.9. The van der Waals surface area contributed by atoms with Crippen molar-refractivity contribution in [3.63, 3.8) is 0 Å². The van der Waals surface area contributed by atoms with Gasteiger partial charge in [0, 0.05) is 5.02 Å². The summed E-state index contributed by atoms with van der Waals surface area (Å²) in [6, 6.07) is 14.6. The Hall–Kier alpha value is -3.16. The number of aromatic nitrogens is 4. The van der Waals surface area contributed by atoms with Crippen LogP contribution >= 0.6 is 23.2 Å². The minimum Gasteiger partial charge on any atom is -0.281 e. The topological polar surface area (TPSA) is 84.7 Å². The molecule has 0 aliphatic rings. The van der Waals surface area contributed by atoms with E-state index in [4.69, 9.17) is 23.2 Å². The average molecular weight is 413 g/mol. The molecule has 0 aliphatic heterocycles. The number of hydrogen-bond acceptors (Lipinski definition) is 5. The zero-order chi connectivity index (χ0) is 19.5. The highest BCUT2D eigenvalue weighted by molar-refractivity contribution is 6.36. The Morgan fingerprint density at radius 1 is 1.07 bits per heavy atom. The van der Waals surface area contributed by atoms with Gasteiger partial charge in [-0.3, -0.25) is 15.6 Å². The highest BCUT2D eigenvalue weighted by Gasteiger charge is 2.13. The SMILES string of the molecule is O=C(NNc1ncnc2c1cnn2Cc1ccccc1)c1ccc(Cl)cc1Cl. The number of hydrogen-bond donors (Lipinski definition) is 2. The maximum Gasteiger partial charge on any atom is 0.271 e. The van der Waals surface area contributed by atoms with Crippen molar-refractivity contribution >= 4 is 46.0 Å². The lowest BCUT2D eigenvalue weighted by Crippen LogP contribution is -2.30. The lowest BCUT2D eigenvalue weighted by molar-refractivity contribution is 0.0962. The second-order valence-corrected chi connectivity index (χ2v) is 6.79. The maximum absolute atomic E-state index is 12.4. The zero-order valence-electron chi connectivity index (χ0n) is 14.4. The molecule has 1 amide bonds. The van der Waals surface area contributed by atoms with Gasteiger partial charge < -0.3 is 0 Å². The van der Waals surface area contributed by atoms with Gasteiger partial charge in [-0.2, -0.15) is 5.10 Å².